The maximum atomic E-state index is 12.5. The van der Waals surface area contributed by atoms with E-state index in [9.17, 15) is 9.59 Å². The van der Waals surface area contributed by atoms with Crippen LogP contribution in [0.15, 0.2) is 41.3 Å². The molecule has 31 heavy (non-hydrogen) atoms. The molecule has 0 bridgehead atoms. The molecule has 164 valence electrons. The average Bonchev–Trinajstić information content (AvgIpc) is 3.02. The van der Waals surface area contributed by atoms with Gasteiger partial charge in [-0.1, -0.05) is 35.3 Å². The molecule has 0 aromatic heterocycles. The number of carbonyl (C=O) groups is 2. The van der Waals surface area contributed by atoms with Crippen LogP contribution in [0.3, 0.4) is 0 Å². The van der Waals surface area contributed by atoms with E-state index in [0.29, 0.717) is 46.0 Å². The molecule has 6 nitrogen and oxygen atoms in total. The average molecular weight is 482 g/mol. The van der Waals surface area contributed by atoms with Crippen LogP contribution in [0.1, 0.15) is 17.5 Å². The van der Waals surface area contributed by atoms with Crippen LogP contribution in [0, 0.1) is 0 Å². The van der Waals surface area contributed by atoms with Crippen molar-refractivity contribution in [3.05, 3.63) is 62.5 Å². The number of carbonyl (C=O) groups excluding carboxylic acids is 2. The number of benzene rings is 2. The topological polar surface area (TPSA) is 65.1 Å². The first-order valence-electron chi connectivity index (χ1n) is 9.42. The summed E-state index contributed by atoms with van der Waals surface area (Å²) in [7, 11) is 3.12. The highest BCUT2D eigenvalue weighted by Crippen LogP contribution is 2.35. The summed E-state index contributed by atoms with van der Waals surface area (Å²) in [5.74, 6) is 0.747. The van der Waals surface area contributed by atoms with Gasteiger partial charge in [-0.3, -0.25) is 14.5 Å². The second-order valence-corrected chi connectivity index (χ2v) is 8.43. The van der Waals surface area contributed by atoms with Crippen molar-refractivity contribution in [2.45, 2.75) is 13.0 Å². The summed E-state index contributed by atoms with van der Waals surface area (Å²) < 4.78 is 16.3. The lowest BCUT2D eigenvalue weighted by molar-refractivity contribution is -0.122. The number of nitrogens with zero attached hydrogens (tertiary/aromatic N) is 1. The predicted molar refractivity (Wildman–Crippen MR) is 123 cm³/mol. The molecule has 2 aromatic rings. The van der Waals surface area contributed by atoms with Crippen LogP contribution in [0.4, 0.5) is 4.79 Å². The standard InChI is InChI=1S/C22H21Cl2NO5S/c1-28-9-3-8-25-21(26)20(31-22(25)27)12-14-5-7-18(19(11-14)29-2)30-13-15-4-6-16(23)17(24)10-15/h4-7,10-12H,3,8-9,13H2,1-2H3/b20-12+. The van der Waals surface area contributed by atoms with Crippen LogP contribution >= 0.6 is 35.0 Å². The Morgan fingerprint density at radius 3 is 2.55 bits per heavy atom. The van der Waals surface area contributed by atoms with Gasteiger partial charge in [0.2, 0.25) is 0 Å². The van der Waals surface area contributed by atoms with Crippen LogP contribution in [0.5, 0.6) is 11.5 Å². The molecule has 1 fully saturated rings. The van der Waals surface area contributed by atoms with Crippen molar-refractivity contribution in [2.24, 2.45) is 0 Å². The summed E-state index contributed by atoms with van der Waals surface area (Å²) in [5.41, 5.74) is 1.59. The summed E-state index contributed by atoms with van der Waals surface area (Å²) >= 11 is 12.9. The highest BCUT2D eigenvalue weighted by atomic mass is 35.5. The minimum atomic E-state index is -0.301. The van der Waals surface area contributed by atoms with Gasteiger partial charge in [0.05, 0.1) is 22.1 Å². The molecule has 0 unspecified atom stereocenters. The van der Waals surface area contributed by atoms with E-state index >= 15 is 0 Å². The van der Waals surface area contributed by atoms with Crippen molar-refractivity contribution < 1.29 is 23.8 Å². The normalized spacial score (nSPS) is 15.1. The quantitative estimate of drug-likeness (QED) is 0.340. The number of hydrogen-bond donors (Lipinski definition) is 0. The summed E-state index contributed by atoms with van der Waals surface area (Å²) in [6, 6.07) is 10.6. The lowest BCUT2D eigenvalue weighted by atomic mass is 10.1. The number of amides is 2. The van der Waals surface area contributed by atoms with E-state index in [1.54, 1.807) is 43.5 Å². The maximum absolute atomic E-state index is 12.5. The molecular formula is C22H21Cl2NO5S. The van der Waals surface area contributed by atoms with Crippen LogP contribution in [0.2, 0.25) is 10.0 Å². The number of ether oxygens (including phenoxy) is 3. The molecule has 1 heterocycles. The van der Waals surface area contributed by atoms with E-state index in [1.807, 2.05) is 6.07 Å². The molecule has 2 aromatic carbocycles. The molecule has 9 heteroatoms. The number of imide groups is 1. The highest BCUT2D eigenvalue weighted by Gasteiger charge is 2.34. The summed E-state index contributed by atoms with van der Waals surface area (Å²) in [4.78, 5) is 26.3. The van der Waals surface area contributed by atoms with Gasteiger partial charge in [-0.2, -0.15) is 0 Å². The Morgan fingerprint density at radius 1 is 1.03 bits per heavy atom. The maximum Gasteiger partial charge on any atom is 0.293 e. The molecule has 0 spiro atoms. The first kappa shape index (κ1) is 23.5. The van der Waals surface area contributed by atoms with E-state index in [1.165, 1.54) is 12.0 Å². The molecule has 0 atom stereocenters. The van der Waals surface area contributed by atoms with E-state index in [2.05, 4.69) is 0 Å². The third-order valence-corrected chi connectivity index (χ3v) is 6.11. The van der Waals surface area contributed by atoms with Gasteiger partial charge in [0.25, 0.3) is 11.1 Å². The van der Waals surface area contributed by atoms with Crippen LogP contribution in [-0.4, -0.2) is 43.4 Å². The van der Waals surface area contributed by atoms with Gasteiger partial charge in [0.15, 0.2) is 11.5 Å². The van der Waals surface area contributed by atoms with Crippen LogP contribution in [-0.2, 0) is 16.1 Å². The monoisotopic (exact) mass is 481 g/mol. The Hall–Kier alpha value is -2.19. The molecule has 1 aliphatic rings. The smallest absolute Gasteiger partial charge is 0.293 e. The van der Waals surface area contributed by atoms with Crippen molar-refractivity contribution in [3.63, 3.8) is 0 Å². The number of thioether (sulfide) groups is 1. The lowest BCUT2D eigenvalue weighted by Gasteiger charge is -2.12. The molecule has 0 N–H and O–H groups in total. The highest BCUT2D eigenvalue weighted by molar-refractivity contribution is 8.18. The van der Waals surface area contributed by atoms with Gasteiger partial charge in [0, 0.05) is 20.3 Å². The van der Waals surface area contributed by atoms with E-state index in [-0.39, 0.29) is 17.8 Å². The fourth-order valence-electron chi connectivity index (χ4n) is 2.89. The second-order valence-electron chi connectivity index (χ2n) is 6.63. The van der Waals surface area contributed by atoms with Gasteiger partial charge in [0.1, 0.15) is 6.61 Å². The molecule has 0 saturated carbocycles. The van der Waals surface area contributed by atoms with Gasteiger partial charge >= 0.3 is 0 Å². The Balaban J connectivity index is 1.71. The molecular weight excluding hydrogens is 461 g/mol. The number of halogens is 2. The van der Waals surface area contributed by atoms with E-state index < -0.39 is 0 Å². The van der Waals surface area contributed by atoms with E-state index in [0.717, 1.165) is 22.9 Å². The Morgan fingerprint density at radius 2 is 1.84 bits per heavy atom. The van der Waals surface area contributed by atoms with Crippen LogP contribution in [0.25, 0.3) is 6.08 Å². The summed E-state index contributed by atoms with van der Waals surface area (Å²) in [6.45, 7) is 1.11. The predicted octanol–water partition coefficient (Wildman–Crippen LogP) is 5.65. The molecule has 0 radical (unpaired) electrons. The Kier molecular flexibility index (Phi) is 8.26. The first-order chi connectivity index (χ1) is 14.9. The number of methoxy groups -OCH3 is 2. The third-order valence-electron chi connectivity index (χ3n) is 4.47. The zero-order valence-electron chi connectivity index (χ0n) is 17.0. The lowest BCUT2D eigenvalue weighted by Crippen LogP contribution is -2.29. The number of rotatable bonds is 9. The third kappa shape index (κ3) is 5.95. The minimum Gasteiger partial charge on any atom is -0.493 e. The van der Waals surface area contributed by atoms with Gasteiger partial charge in [-0.25, -0.2) is 0 Å². The molecule has 3 rings (SSSR count). The molecule has 1 aliphatic heterocycles. The van der Waals surface area contributed by atoms with Crippen molar-refractivity contribution >= 4 is 52.2 Å². The van der Waals surface area contributed by atoms with Crippen LogP contribution < -0.4 is 9.47 Å². The first-order valence-corrected chi connectivity index (χ1v) is 11.0. The van der Waals surface area contributed by atoms with Crippen molar-refractivity contribution in [1.29, 1.82) is 0 Å². The fourth-order valence-corrected chi connectivity index (χ4v) is 4.08. The Bertz CT molecular complexity index is 1010. The minimum absolute atomic E-state index is 0.277. The van der Waals surface area contributed by atoms with E-state index in [4.69, 9.17) is 37.4 Å². The van der Waals surface area contributed by atoms with Gasteiger partial charge < -0.3 is 14.2 Å². The summed E-state index contributed by atoms with van der Waals surface area (Å²) in [5, 5.41) is 0.664. The molecule has 2 amide bonds. The van der Waals surface area contributed by atoms with Crippen molar-refractivity contribution in [3.8, 4) is 11.5 Å². The Labute approximate surface area is 195 Å². The second kappa shape index (κ2) is 10.9. The van der Waals surface area contributed by atoms with Crippen molar-refractivity contribution in [2.75, 3.05) is 27.4 Å². The zero-order valence-corrected chi connectivity index (χ0v) is 19.4. The van der Waals surface area contributed by atoms with Crippen molar-refractivity contribution in [1.82, 2.24) is 4.90 Å². The molecule has 1 saturated heterocycles. The zero-order chi connectivity index (χ0) is 22.4. The fraction of sp³-hybridized carbons (Fsp3) is 0.273. The van der Waals surface area contributed by atoms with Gasteiger partial charge in [-0.05, 0) is 59.7 Å². The summed E-state index contributed by atoms with van der Waals surface area (Å²) in [6.07, 6.45) is 2.27. The van der Waals surface area contributed by atoms with Gasteiger partial charge in [-0.15, -0.1) is 0 Å². The SMILES string of the molecule is COCCCN1C(=O)S/C(=C/c2ccc(OCc3ccc(Cl)c(Cl)c3)c(OC)c2)C1=O. The molecule has 0 aliphatic carbocycles. The largest absolute Gasteiger partial charge is 0.493 e. The number of hydrogen-bond acceptors (Lipinski definition) is 6.